The Morgan fingerprint density at radius 2 is 1.59 bits per heavy atom. The van der Waals surface area contributed by atoms with Crippen LogP contribution in [-0.2, 0) is 28.6 Å². The van der Waals surface area contributed by atoms with Gasteiger partial charge < -0.3 is 14.2 Å². The highest BCUT2D eigenvalue weighted by Crippen LogP contribution is 2.48. The second-order valence-electron chi connectivity index (χ2n) is 8.90. The summed E-state index contributed by atoms with van der Waals surface area (Å²) in [6.45, 7) is 7.10. The monoisotopic (exact) mass is 432 g/mol. The van der Waals surface area contributed by atoms with E-state index >= 15 is 0 Å². The summed E-state index contributed by atoms with van der Waals surface area (Å²) in [6, 6.07) is 15.5. The van der Waals surface area contributed by atoms with E-state index in [9.17, 15) is 14.4 Å². The first-order valence-electron chi connectivity index (χ1n) is 10.8. The van der Waals surface area contributed by atoms with Crippen molar-refractivity contribution in [3.63, 3.8) is 0 Å². The van der Waals surface area contributed by atoms with Gasteiger partial charge in [-0.1, -0.05) is 62.0 Å². The summed E-state index contributed by atoms with van der Waals surface area (Å²) in [5.41, 5.74) is 4.04. The summed E-state index contributed by atoms with van der Waals surface area (Å²) in [5.74, 6) is -3.48. The van der Waals surface area contributed by atoms with Crippen LogP contribution >= 0.6 is 0 Å². The van der Waals surface area contributed by atoms with Crippen molar-refractivity contribution in [3.05, 3.63) is 71.8 Å². The number of benzene rings is 2. The number of ether oxygens (including phenoxy) is 3. The zero-order chi connectivity index (χ0) is 22.6. The van der Waals surface area contributed by atoms with E-state index in [2.05, 4.69) is 6.58 Å². The SMILES string of the molecule is C=C(C)C(=O)OC1C2CC(C)C1OC(=O)C2C(=O)OC1c2ccccc2-c2ccccc21. The van der Waals surface area contributed by atoms with Gasteiger partial charge in [0.25, 0.3) is 0 Å². The number of carbonyl (C=O) groups is 3. The van der Waals surface area contributed by atoms with Crippen LogP contribution in [0.5, 0.6) is 0 Å². The Hall–Kier alpha value is -3.41. The van der Waals surface area contributed by atoms with Crippen molar-refractivity contribution in [2.24, 2.45) is 17.8 Å². The van der Waals surface area contributed by atoms with E-state index in [4.69, 9.17) is 14.2 Å². The minimum absolute atomic E-state index is 0.0300. The average Bonchev–Trinajstić information content (AvgIpc) is 3.19. The second kappa shape index (κ2) is 7.62. The zero-order valence-corrected chi connectivity index (χ0v) is 17.9. The molecule has 1 saturated carbocycles. The lowest BCUT2D eigenvalue weighted by Gasteiger charge is -2.34. The van der Waals surface area contributed by atoms with Gasteiger partial charge in [0.15, 0.2) is 12.0 Å². The molecule has 0 N–H and O–H groups in total. The fourth-order valence-corrected chi connectivity index (χ4v) is 5.23. The van der Waals surface area contributed by atoms with Gasteiger partial charge in [-0.25, -0.2) is 4.79 Å². The third kappa shape index (κ3) is 3.13. The Balaban J connectivity index is 1.44. The Morgan fingerprint density at radius 3 is 2.19 bits per heavy atom. The highest BCUT2D eigenvalue weighted by Gasteiger charge is 2.59. The zero-order valence-electron chi connectivity index (χ0n) is 17.9. The third-order valence-electron chi connectivity index (χ3n) is 6.74. The van der Waals surface area contributed by atoms with E-state index in [1.165, 1.54) is 0 Å². The standard InChI is InChI=1S/C26H24O6/c1-13(2)24(27)32-23-19-12-14(3)21(23)30-25(28)20(19)26(29)31-22-17-10-6-4-8-15(17)16-9-5-7-11-18(16)22/h4-11,14,19-23H,1,12H2,2-3H3. The molecule has 0 amide bonds. The fourth-order valence-electron chi connectivity index (χ4n) is 5.23. The molecule has 32 heavy (non-hydrogen) atoms. The Labute approximate surface area is 186 Å². The molecule has 2 bridgehead atoms. The molecule has 0 spiro atoms. The maximum Gasteiger partial charge on any atom is 0.333 e. The molecule has 2 aromatic carbocycles. The van der Waals surface area contributed by atoms with Crippen LogP contribution in [0.1, 0.15) is 37.5 Å². The molecule has 3 aliphatic rings. The Bertz CT molecular complexity index is 1090. The van der Waals surface area contributed by atoms with Crippen LogP contribution in [0.2, 0.25) is 0 Å². The highest BCUT2D eigenvalue weighted by molar-refractivity contribution is 5.97. The number of hydrogen-bond donors (Lipinski definition) is 0. The summed E-state index contributed by atoms with van der Waals surface area (Å²) in [5, 5.41) is 0. The van der Waals surface area contributed by atoms with E-state index in [-0.39, 0.29) is 11.5 Å². The molecule has 164 valence electrons. The van der Waals surface area contributed by atoms with E-state index in [1.807, 2.05) is 55.5 Å². The van der Waals surface area contributed by atoms with Crippen molar-refractivity contribution in [2.45, 2.75) is 38.6 Å². The average molecular weight is 432 g/mol. The molecule has 2 aliphatic carbocycles. The molecule has 6 heteroatoms. The fraction of sp³-hybridized carbons (Fsp3) is 0.346. The summed E-state index contributed by atoms with van der Waals surface area (Å²) in [7, 11) is 0. The van der Waals surface area contributed by atoms with Gasteiger partial charge >= 0.3 is 17.9 Å². The Morgan fingerprint density at radius 1 is 1.00 bits per heavy atom. The predicted octanol–water partition coefficient (Wildman–Crippen LogP) is 3.99. The number of hydrogen-bond acceptors (Lipinski definition) is 6. The summed E-state index contributed by atoms with van der Waals surface area (Å²) in [4.78, 5) is 38.3. The maximum absolute atomic E-state index is 13.4. The molecule has 0 radical (unpaired) electrons. The van der Waals surface area contributed by atoms with Crippen LogP contribution in [0, 0.1) is 17.8 Å². The van der Waals surface area contributed by atoms with Crippen molar-refractivity contribution in [1.29, 1.82) is 0 Å². The molecule has 2 aromatic rings. The van der Waals surface area contributed by atoms with Gasteiger partial charge in [0.2, 0.25) is 0 Å². The molecule has 5 atom stereocenters. The molecule has 1 heterocycles. The van der Waals surface area contributed by atoms with E-state index < -0.39 is 48.1 Å². The molecule has 5 rings (SSSR count). The van der Waals surface area contributed by atoms with Crippen LogP contribution in [-0.4, -0.2) is 30.1 Å². The van der Waals surface area contributed by atoms with E-state index in [0.717, 1.165) is 22.3 Å². The molecule has 2 fully saturated rings. The molecule has 0 aromatic heterocycles. The smallest absolute Gasteiger partial charge is 0.333 e. The van der Waals surface area contributed by atoms with Crippen LogP contribution in [0.3, 0.4) is 0 Å². The molecule has 6 nitrogen and oxygen atoms in total. The van der Waals surface area contributed by atoms with Gasteiger partial charge in [0.1, 0.15) is 12.2 Å². The van der Waals surface area contributed by atoms with Crippen molar-refractivity contribution in [3.8, 4) is 11.1 Å². The summed E-state index contributed by atoms with van der Waals surface area (Å²) < 4.78 is 17.1. The lowest BCUT2D eigenvalue weighted by Crippen LogP contribution is -2.49. The highest BCUT2D eigenvalue weighted by atomic mass is 16.6. The van der Waals surface area contributed by atoms with E-state index in [1.54, 1.807) is 6.92 Å². The largest absolute Gasteiger partial charge is 0.457 e. The number of fused-ring (bicyclic) bond motifs is 5. The van der Waals surface area contributed by atoms with Crippen LogP contribution < -0.4 is 0 Å². The minimum atomic E-state index is -1.14. The number of carbonyl (C=O) groups excluding carboxylic acids is 3. The molecular weight excluding hydrogens is 408 g/mol. The topological polar surface area (TPSA) is 78.9 Å². The molecule has 1 saturated heterocycles. The Kier molecular flexibility index (Phi) is 4.88. The maximum atomic E-state index is 13.4. The van der Waals surface area contributed by atoms with Crippen molar-refractivity contribution >= 4 is 17.9 Å². The van der Waals surface area contributed by atoms with Crippen molar-refractivity contribution in [2.75, 3.05) is 0 Å². The first-order valence-corrected chi connectivity index (χ1v) is 10.8. The number of rotatable bonds is 4. The van der Waals surface area contributed by atoms with Crippen molar-refractivity contribution in [1.82, 2.24) is 0 Å². The lowest BCUT2D eigenvalue weighted by atomic mass is 9.87. The molecule has 5 unspecified atom stereocenters. The normalized spacial score (nSPS) is 27.8. The summed E-state index contributed by atoms with van der Waals surface area (Å²) >= 11 is 0. The van der Waals surface area contributed by atoms with Crippen LogP contribution in [0.15, 0.2) is 60.7 Å². The van der Waals surface area contributed by atoms with Gasteiger partial charge in [0.05, 0.1) is 0 Å². The molecule has 1 aliphatic heterocycles. The van der Waals surface area contributed by atoms with Gasteiger partial charge in [-0.3, -0.25) is 9.59 Å². The van der Waals surface area contributed by atoms with Gasteiger partial charge in [-0.2, -0.15) is 0 Å². The van der Waals surface area contributed by atoms with Gasteiger partial charge in [-0.05, 0) is 30.4 Å². The predicted molar refractivity (Wildman–Crippen MR) is 115 cm³/mol. The van der Waals surface area contributed by atoms with E-state index in [0.29, 0.717) is 6.42 Å². The van der Waals surface area contributed by atoms with Crippen molar-refractivity contribution < 1.29 is 28.6 Å². The minimum Gasteiger partial charge on any atom is -0.457 e. The van der Waals surface area contributed by atoms with Crippen LogP contribution in [0.4, 0.5) is 0 Å². The lowest BCUT2D eigenvalue weighted by molar-refractivity contribution is -0.192. The quantitative estimate of drug-likeness (QED) is 0.315. The third-order valence-corrected chi connectivity index (χ3v) is 6.74. The van der Waals surface area contributed by atoms with Gasteiger partial charge in [0, 0.05) is 22.6 Å². The van der Waals surface area contributed by atoms with Gasteiger partial charge in [-0.15, -0.1) is 0 Å². The first-order chi connectivity index (χ1) is 15.4. The number of esters is 3. The second-order valence-corrected chi connectivity index (χ2v) is 8.90. The first kappa shape index (κ1) is 20.5. The summed E-state index contributed by atoms with van der Waals surface area (Å²) in [6.07, 6.45) is -1.32. The van der Waals surface area contributed by atoms with Crippen LogP contribution in [0.25, 0.3) is 11.1 Å². The molecular formula is C26H24O6.